The van der Waals surface area contributed by atoms with Crippen LogP contribution in [0, 0.1) is 0 Å². The first-order chi connectivity index (χ1) is 15.4. The summed E-state index contributed by atoms with van der Waals surface area (Å²) in [5, 5.41) is 0. The maximum Gasteiger partial charge on any atom is 0.185 e. The van der Waals surface area contributed by atoms with E-state index >= 15 is 0 Å². The Balaban J connectivity index is 1.34. The van der Waals surface area contributed by atoms with Gasteiger partial charge in [-0.25, -0.2) is 0 Å². The average molecular weight is 426 g/mol. The second-order valence-corrected chi connectivity index (χ2v) is 9.30. The molecule has 0 bridgehead atoms. The molecule has 1 aromatic heterocycles. The third-order valence-corrected chi connectivity index (χ3v) is 6.03. The van der Waals surface area contributed by atoms with E-state index in [2.05, 4.69) is 84.1 Å². The molecule has 3 aromatic rings. The molecule has 0 saturated carbocycles. The van der Waals surface area contributed by atoms with Gasteiger partial charge < -0.3 is 9.80 Å². The van der Waals surface area contributed by atoms with Crippen LogP contribution in [0.1, 0.15) is 42.3 Å². The van der Waals surface area contributed by atoms with Crippen LogP contribution in [-0.4, -0.2) is 36.9 Å². The summed E-state index contributed by atoms with van der Waals surface area (Å²) in [4.78, 5) is 21.5. The number of nitrogens with zero attached hydrogens (tertiary/aromatic N) is 3. The Kier molecular flexibility index (Phi) is 6.40. The zero-order chi connectivity index (χ0) is 22.6. The monoisotopic (exact) mass is 425 g/mol. The number of anilines is 2. The number of aromatic nitrogens is 1. The van der Waals surface area contributed by atoms with E-state index in [4.69, 9.17) is 0 Å². The predicted octanol–water partition coefficient (Wildman–Crippen LogP) is 5.60. The molecule has 1 aliphatic rings. The molecule has 1 saturated heterocycles. The molecule has 1 aliphatic heterocycles. The van der Waals surface area contributed by atoms with Gasteiger partial charge in [0.15, 0.2) is 5.78 Å². The minimum absolute atomic E-state index is 0.0268. The van der Waals surface area contributed by atoms with E-state index in [-0.39, 0.29) is 11.2 Å². The average Bonchev–Trinajstić information content (AvgIpc) is 2.83. The molecule has 4 rings (SSSR count). The molecule has 0 amide bonds. The lowest BCUT2D eigenvalue weighted by atomic mass is 9.87. The maximum absolute atomic E-state index is 12.6. The molecule has 1 fully saturated rings. The van der Waals surface area contributed by atoms with Crippen LogP contribution in [0.25, 0.3) is 6.08 Å². The first-order valence-electron chi connectivity index (χ1n) is 11.2. The smallest absolute Gasteiger partial charge is 0.185 e. The number of carbonyl (C=O) groups excluding carboxylic acids is 1. The normalized spacial score (nSPS) is 14.7. The lowest BCUT2D eigenvalue weighted by Gasteiger charge is -2.37. The summed E-state index contributed by atoms with van der Waals surface area (Å²) in [6.45, 7) is 10.5. The largest absolute Gasteiger partial charge is 0.368 e. The van der Waals surface area contributed by atoms with Crippen molar-refractivity contribution < 1.29 is 4.79 Å². The van der Waals surface area contributed by atoms with Crippen molar-refractivity contribution in [1.82, 2.24) is 4.98 Å². The molecular formula is C28H31N3O. The fourth-order valence-corrected chi connectivity index (χ4v) is 3.98. The summed E-state index contributed by atoms with van der Waals surface area (Å²) in [5.74, 6) is 0.0268. The molecular weight excluding hydrogens is 394 g/mol. The number of ketones is 1. The van der Waals surface area contributed by atoms with E-state index in [0.717, 1.165) is 37.4 Å². The van der Waals surface area contributed by atoms with Gasteiger partial charge in [-0.3, -0.25) is 9.78 Å². The predicted molar refractivity (Wildman–Crippen MR) is 134 cm³/mol. The van der Waals surface area contributed by atoms with Crippen molar-refractivity contribution in [3.63, 3.8) is 0 Å². The van der Waals surface area contributed by atoms with Crippen LogP contribution in [0.3, 0.4) is 0 Å². The van der Waals surface area contributed by atoms with Gasteiger partial charge in [0.25, 0.3) is 0 Å². The van der Waals surface area contributed by atoms with Crippen LogP contribution in [0.2, 0.25) is 0 Å². The van der Waals surface area contributed by atoms with Crippen molar-refractivity contribution >= 4 is 23.2 Å². The molecule has 0 N–H and O–H groups in total. The third-order valence-electron chi connectivity index (χ3n) is 6.03. The minimum Gasteiger partial charge on any atom is -0.368 e. The Hall–Kier alpha value is -3.40. The Morgan fingerprint density at radius 3 is 1.84 bits per heavy atom. The van der Waals surface area contributed by atoms with E-state index in [0.29, 0.717) is 5.56 Å². The first kappa shape index (κ1) is 21.8. The number of hydrogen-bond acceptors (Lipinski definition) is 4. The van der Waals surface area contributed by atoms with Crippen LogP contribution in [0.4, 0.5) is 11.4 Å². The summed E-state index contributed by atoms with van der Waals surface area (Å²) >= 11 is 0. The van der Waals surface area contributed by atoms with Gasteiger partial charge in [0.2, 0.25) is 0 Å². The number of carbonyl (C=O) groups is 1. The van der Waals surface area contributed by atoms with Gasteiger partial charge in [-0.05, 0) is 59.0 Å². The van der Waals surface area contributed by atoms with Crippen LogP contribution < -0.4 is 9.80 Å². The number of piperazine rings is 1. The van der Waals surface area contributed by atoms with Crippen molar-refractivity contribution in [2.45, 2.75) is 26.2 Å². The lowest BCUT2D eigenvalue weighted by molar-refractivity contribution is 0.104. The van der Waals surface area contributed by atoms with Gasteiger partial charge in [0, 0.05) is 55.5 Å². The highest BCUT2D eigenvalue weighted by molar-refractivity contribution is 6.07. The number of benzene rings is 2. The lowest BCUT2D eigenvalue weighted by Crippen LogP contribution is -2.46. The second kappa shape index (κ2) is 9.39. The van der Waals surface area contributed by atoms with Crippen molar-refractivity contribution in [2.75, 3.05) is 36.0 Å². The summed E-state index contributed by atoms with van der Waals surface area (Å²) in [6, 6.07) is 20.5. The Morgan fingerprint density at radius 1 is 0.781 bits per heavy atom. The fraction of sp³-hybridized carbons (Fsp3) is 0.286. The highest BCUT2D eigenvalue weighted by Crippen LogP contribution is 2.23. The van der Waals surface area contributed by atoms with Crippen molar-refractivity contribution in [3.8, 4) is 0 Å². The van der Waals surface area contributed by atoms with Crippen LogP contribution in [0.5, 0.6) is 0 Å². The van der Waals surface area contributed by atoms with E-state index in [1.54, 1.807) is 6.08 Å². The first-order valence-corrected chi connectivity index (χ1v) is 11.2. The van der Waals surface area contributed by atoms with Gasteiger partial charge in [-0.15, -0.1) is 0 Å². The molecule has 0 radical (unpaired) electrons. The summed E-state index contributed by atoms with van der Waals surface area (Å²) < 4.78 is 0. The van der Waals surface area contributed by atoms with Crippen molar-refractivity contribution in [2.24, 2.45) is 0 Å². The standard InChI is InChI=1S/C28H31N3O/c1-28(2,3)24-9-4-22(5-10-24)6-13-27(32)23-7-11-25(12-8-23)30-18-20-31(21-19-30)26-14-16-29-17-15-26/h4-17H,18-21H2,1-3H3/b13-6+. The number of pyridine rings is 1. The topological polar surface area (TPSA) is 36.4 Å². The molecule has 0 aliphatic carbocycles. The molecule has 0 unspecified atom stereocenters. The van der Waals surface area contributed by atoms with Gasteiger partial charge >= 0.3 is 0 Å². The number of rotatable bonds is 5. The fourth-order valence-electron chi connectivity index (χ4n) is 3.98. The Labute approximate surface area is 191 Å². The number of hydrogen-bond donors (Lipinski definition) is 0. The highest BCUT2D eigenvalue weighted by atomic mass is 16.1. The van der Waals surface area contributed by atoms with E-state index < -0.39 is 0 Å². The molecule has 4 heteroatoms. The SMILES string of the molecule is CC(C)(C)c1ccc(/C=C/C(=O)c2ccc(N3CCN(c4ccncc4)CC3)cc2)cc1. The molecule has 164 valence electrons. The third kappa shape index (κ3) is 5.25. The van der Waals surface area contributed by atoms with Crippen molar-refractivity contribution in [3.05, 3.63) is 95.8 Å². The van der Waals surface area contributed by atoms with E-state index in [1.165, 1.54) is 11.3 Å². The minimum atomic E-state index is 0.0268. The molecule has 4 nitrogen and oxygen atoms in total. The van der Waals surface area contributed by atoms with Crippen molar-refractivity contribution in [1.29, 1.82) is 0 Å². The van der Waals surface area contributed by atoms with E-state index in [9.17, 15) is 4.79 Å². The quantitative estimate of drug-likeness (QED) is 0.394. The van der Waals surface area contributed by atoms with Gasteiger partial charge in [-0.1, -0.05) is 51.1 Å². The Morgan fingerprint density at radius 2 is 1.31 bits per heavy atom. The molecule has 2 heterocycles. The van der Waals surface area contributed by atoms with Gasteiger partial charge in [0.1, 0.15) is 0 Å². The summed E-state index contributed by atoms with van der Waals surface area (Å²) in [6.07, 6.45) is 7.23. The molecule has 2 aromatic carbocycles. The summed E-state index contributed by atoms with van der Waals surface area (Å²) in [7, 11) is 0. The van der Waals surface area contributed by atoms with E-state index in [1.807, 2.05) is 30.6 Å². The van der Waals surface area contributed by atoms with Crippen LogP contribution in [-0.2, 0) is 5.41 Å². The highest BCUT2D eigenvalue weighted by Gasteiger charge is 2.17. The van der Waals surface area contributed by atoms with Gasteiger partial charge in [0.05, 0.1) is 0 Å². The number of allylic oxidation sites excluding steroid dienone is 1. The molecule has 0 atom stereocenters. The second-order valence-electron chi connectivity index (χ2n) is 9.30. The maximum atomic E-state index is 12.6. The van der Waals surface area contributed by atoms with Crippen LogP contribution in [0.15, 0.2) is 79.1 Å². The molecule has 0 spiro atoms. The zero-order valence-electron chi connectivity index (χ0n) is 19.2. The summed E-state index contributed by atoms with van der Waals surface area (Å²) in [5.41, 5.74) is 5.56. The zero-order valence-corrected chi connectivity index (χ0v) is 19.2. The van der Waals surface area contributed by atoms with Crippen LogP contribution >= 0.6 is 0 Å². The molecule has 32 heavy (non-hydrogen) atoms. The Bertz CT molecular complexity index is 1060. The van der Waals surface area contributed by atoms with Gasteiger partial charge in [-0.2, -0.15) is 0 Å².